The second kappa shape index (κ2) is 7.36. The zero-order chi connectivity index (χ0) is 17.7. The van der Waals surface area contributed by atoms with Crippen molar-refractivity contribution in [3.63, 3.8) is 0 Å². The van der Waals surface area contributed by atoms with Crippen LogP contribution in [-0.4, -0.2) is 0 Å². The fourth-order valence-corrected chi connectivity index (χ4v) is 3.18. The van der Waals surface area contributed by atoms with E-state index in [0.29, 0.717) is 0 Å². The quantitative estimate of drug-likeness (QED) is 0.535. The molecule has 0 bridgehead atoms. The second-order valence-corrected chi connectivity index (χ2v) is 6.37. The van der Waals surface area contributed by atoms with Crippen LogP contribution in [0.3, 0.4) is 0 Å². The number of rotatable bonds is 6. The van der Waals surface area contributed by atoms with Crippen molar-refractivity contribution in [2.24, 2.45) is 0 Å². The Morgan fingerprint density at radius 3 is 1.56 bits per heavy atom. The van der Waals surface area contributed by atoms with Crippen molar-refractivity contribution < 1.29 is 26.9 Å². The van der Waals surface area contributed by atoms with E-state index in [-0.39, 0.29) is 17.2 Å². The van der Waals surface area contributed by atoms with Crippen molar-refractivity contribution >= 4 is 7.82 Å². The third-order valence-corrected chi connectivity index (χ3v) is 4.33. The Morgan fingerprint density at radius 2 is 1.08 bits per heavy atom. The Hall–Kier alpha value is -2.85. The number of hydrogen-bond donors (Lipinski definition) is 0. The molecule has 0 spiro atoms. The smallest absolute Gasteiger partial charge is 0.386 e. The molecule has 3 aromatic carbocycles. The molecule has 0 fully saturated rings. The SMILES string of the molecule is O=P(Oc1ccccc1)(Oc1ccccc1)Oc1ccc(F)c(F)c1. The van der Waals surface area contributed by atoms with Crippen LogP contribution >= 0.6 is 7.82 Å². The monoisotopic (exact) mass is 362 g/mol. The third kappa shape index (κ3) is 4.58. The zero-order valence-corrected chi connectivity index (χ0v) is 13.7. The van der Waals surface area contributed by atoms with Crippen LogP contribution in [0.2, 0.25) is 0 Å². The van der Waals surface area contributed by atoms with Gasteiger partial charge in [-0.2, -0.15) is 4.57 Å². The molecule has 0 saturated heterocycles. The van der Waals surface area contributed by atoms with Crippen molar-refractivity contribution in [1.29, 1.82) is 0 Å². The van der Waals surface area contributed by atoms with Crippen LogP contribution in [0.5, 0.6) is 17.2 Å². The van der Waals surface area contributed by atoms with Crippen molar-refractivity contribution in [2.75, 3.05) is 0 Å². The molecule has 25 heavy (non-hydrogen) atoms. The Morgan fingerprint density at radius 1 is 0.600 bits per heavy atom. The maximum atomic E-state index is 13.4. The summed E-state index contributed by atoms with van der Waals surface area (Å²) < 4.78 is 55.5. The fraction of sp³-hybridized carbons (Fsp3) is 0. The van der Waals surface area contributed by atoms with E-state index in [1.165, 1.54) is 0 Å². The Bertz CT molecular complexity index is 843. The lowest BCUT2D eigenvalue weighted by molar-refractivity contribution is 0.297. The van der Waals surface area contributed by atoms with E-state index >= 15 is 0 Å². The highest BCUT2D eigenvalue weighted by molar-refractivity contribution is 7.49. The maximum Gasteiger partial charge on any atom is 0.647 e. The van der Waals surface area contributed by atoms with Crippen molar-refractivity contribution in [3.8, 4) is 17.2 Å². The normalized spacial score (nSPS) is 11.0. The highest BCUT2D eigenvalue weighted by Gasteiger charge is 2.33. The predicted molar refractivity (Wildman–Crippen MR) is 88.7 cm³/mol. The van der Waals surface area contributed by atoms with Crippen LogP contribution in [0.1, 0.15) is 0 Å². The summed E-state index contributed by atoms with van der Waals surface area (Å²) in [7, 11) is -4.21. The van der Waals surface area contributed by atoms with E-state index < -0.39 is 19.5 Å². The molecule has 0 aromatic heterocycles. The molecule has 0 radical (unpaired) electrons. The number of hydrogen-bond acceptors (Lipinski definition) is 4. The average Bonchev–Trinajstić information content (AvgIpc) is 2.60. The van der Waals surface area contributed by atoms with E-state index in [2.05, 4.69) is 0 Å². The number of halogens is 2. The lowest BCUT2D eigenvalue weighted by atomic mass is 10.3. The average molecular weight is 362 g/mol. The van der Waals surface area contributed by atoms with Crippen molar-refractivity contribution in [3.05, 3.63) is 90.5 Å². The van der Waals surface area contributed by atoms with Crippen LogP contribution in [-0.2, 0) is 4.57 Å². The minimum absolute atomic E-state index is 0.186. The molecule has 3 rings (SSSR count). The first-order valence-electron chi connectivity index (χ1n) is 7.28. The van der Waals surface area contributed by atoms with Gasteiger partial charge in [-0.25, -0.2) is 8.78 Å². The van der Waals surface area contributed by atoms with Crippen LogP contribution in [0.15, 0.2) is 78.9 Å². The van der Waals surface area contributed by atoms with Gasteiger partial charge in [-0.05, 0) is 36.4 Å². The van der Waals surface area contributed by atoms with Gasteiger partial charge in [0, 0.05) is 6.07 Å². The summed E-state index contributed by atoms with van der Waals surface area (Å²) in [5.74, 6) is -1.89. The van der Waals surface area contributed by atoms with Gasteiger partial charge in [0.15, 0.2) is 11.6 Å². The summed E-state index contributed by atoms with van der Waals surface area (Å²) in [4.78, 5) is 0. The molecule has 3 aromatic rings. The van der Waals surface area contributed by atoms with Crippen molar-refractivity contribution in [1.82, 2.24) is 0 Å². The Balaban J connectivity index is 1.90. The standard InChI is InChI=1S/C18H13F2O4P/c19-17-12-11-16(13-18(17)20)24-25(21,22-14-7-3-1-4-8-14)23-15-9-5-2-6-10-15/h1-13H. The second-order valence-electron chi connectivity index (χ2n) is 4.92. The lowest BCUT2D eigenvalue weighted by Gasteiger charge is -2.19. The number of para-hydroxylation sites is 2. The van der Waals surface area contributed by atoms with Gasteiger partial charge in [0.05, 0.1) is 0 Å². The highest BCUT2D eigenvalue weighted by Crippen LogP contribution is 2.49. The van der Waals surface area contributed by atoms with Crippen LogP contribution < -0.4 is 13.6 Å². The summed E-state index contributed by atoms with van der Waals surface area (Å²) >= 11 is 0. The predicted octanol–water partition coefficient (Wildman–Crippen LogP) is 5.61. The van der Waals surface area contributed by atoms with Crippen molar-refractivity contribution in [2.45, 2.75) is 0 Å². The van der Waals surface area contributed by atoms with E-state index in [1.807, 2.05) is 0 Å². The first-order valence-corrected chi connectivity index (χ1v) is 8.74. The molecule has 0 N–H and O–H groups in total. The molecule has 0 atom stereocenters. The summed E-state index contributed by atoms with van der Waals surface area (Å²) in [6.45, 7) is 0. The molecular formula is C18H13F2O4P. The first-order chi connectivity index (χ1) is 12.0. The summed E-state index contributed by atoms with van der Waals surface area (Å²) in [6.07, 6.45) is 0. The minimum Gasteiger partial charge on any atom is -0.386 e. The molecule has 0 amide bonds. The van der Waals surface area contributed by atoms with Gasteiger partial charge in [-0.15, -0.1) is 0 Å². The topological polar surface area (TPSA) is 44.8 Å². The maximum absolute atomic E-state index is 13.4. The van der Waals surface area contributed by atoms with Gasteiger partial charge in [-0.1, -0.05) is 36.4 Å². The largest absolute Gasteiger partial charge is 0.647 e. The van der Waals surface area contributed by atoms with Crippen LogP contribution in [0.4, 0.5) is 8.78 Å². The molecule has 0 unspecified atom stereocenters. The Labute approximate surface area is 143 Å². The van der Waals surface area contributed by atoms with Crippen LogP contribution in [0.25, 0.3) is 0 Å². The molecule has 128 valence electrons. The molecule has 7 heteroatoms. The molecule has 4 nitrogen and oxygen atoms in total. The minimum atomic E-state index is -4.21. The zero-order valence-electron chi connectivity index (χ0n) is 12.8. The van der Waals surface area contributed by atoms with Crippen LogP contribution in [0, 0.1) is 11.6 Å². The molecule has 0 aliphatic heterocycles. The Kier molecular flexibility index (Phi) is 5.00. The molecule has 0 aliphatic rings. The van der Waals surface area contributed by atoms with E-state index in [4.69, 9.17) is 13.6 Å². The summed E-state index contributed by atoms with van der Waals surface area (Å²) in [5.41, 5.74) is 0. The van der Waals surface area contributed by atoms with Gasteiger partial charge in [-0.3, -0.25) is 0 Å². The van der Waals surface area contributed by atoms with Gasteiger partial charge in [0.2, 0.25) is 0 Å². The first kappa shape index (κ1) is 17.0. The summed E-state index contributed by atoms with van der Waals surface area (Å²) in [5, 5.41) is 0. The lowest BCUT2D eigenvalue weighted by Crippen LogP contribution is -2.07. The van der Waals surface area contributed by atoms with E-state index in [0.717, 1.165) is 18.2 Å². The number of phosphoric acid groups is 1. The number of phosphoric ester groups is 1. The highest BCUT2D eigenvalue weighted by atomic mass is 31.2. The fourth-order valence-electron chi connectivity index (χ4n) is 1.94. The van der Waals surface area contributed by atoms with Gasteiger partial charge < -0.3 is 13.6 Å². The molecule has 0 heterocycles. The molecular weight excluding hydrogens is 349 g/mol. The van der Waals surface area contributed by atoms with Gasteiger partial charge in [0.25, 0.3) is 0 Å². The van der Waals surface area contributed by atoms with Gasteiger partial charge in [0.1, 0.15) is 17.2 Å². The third-order valence-electron chi connectivity index (χ3n) is 3.03. The number of benzene rings is 3. The molecule has 0 saturated carbocycles. The van der Waals surface area contributed by atoms with E-state index in [9.17, 15) is 13.3 Å². The summed E-state index contributed by atoms with van der Waals surface area (Å²) in [6, 6.07) is 19.3. The van der Waals surface area contributed by atoms with E-state index in [1.54, 1.807) is 60.7 Å². The molecule has 0 aliphatic carbocycles. The van der Waals surface area contributed by atoms with Gasteiger partial charge >= 0.3 is 7.82 Å².